The summed E-state index contributed by atoms with van der Waals surface area (Å²) in [5.74, 6) is 0.378. The number of benzene rings is 2. The highest BCUT2D eigenvalue weighted by atomic mass is 35.5. The van der Waals surface area contributed by atoms with Gasteiger partial charge in [-0.15, -0.1) is 0 Å². The van der Waals surface area contributed by atoms with Gasteiger partial charge in [-0.1, -0.05) is 37.6 Å². The van der Waals surface area contributed by atoms with Crippen molar-refractivity contribution in [1.82, 2.24) is 10.2 Å². The van der Waals surface area contributed by atoms with Crippen molar-refractivity contribution in [2.75, 3.05) is 43.5 Å². The van der Waals surface area contributed by atoms with Gasteiger partial charge in [-0.05, 0) is 42.5 Å². The number of methoxy groups -OCH3 is 1. The van der Waals surface area contributed by atoms with Gasteiger partial charge in [-0.3, -0.25) is 14.9 Å². The van der Waals surface area contributed by atoms with Crippen LogP contribution >= 0.6 is 23.8 Å². The third kappa shape index (κ3) is 5.69. The summed E-state index contributed by atoms with van der Waals surface area (Å²) in [6.45, 7) is 6.37. The first-order valence-electron chi connectivity index (χ1n) is 10.4. The number of halogens is 1. The lowest BCUT2D eigenvalue weighted by Gasteiger charge is -2.38. The molecule has 32 heavy (non-hydrogen) atoms. The van der Waals surface area contributed by atoms with Crippen molar-refractivity contribution in [3.63, 3.8) is 0 Å². The first-order valence-corrected chi connectivity index (χ1v) is 11.2. The number of amides is 2. The second kappa shape index (κ2) is 10.7. The molecule has 1 aliphatic rings. The number of thiocarbonyl (C=S) groups is 1. The van der Waals surface area contributed by atoms with Crippen LogP contribution < -0.4 is 20.3 Å². The SMILES string of the molecule is COc1cccc(C(=O)NC(=S)Nc2cccc(Cl)c2N2CCN(C(=O)C(C)C)CC2)c1. The third-order valence-corrected chi connectivity index (χ3v) is 5.70. The van der Waals surface area contributed by atoms with Crippen LogP contribution in [0.4, 0.5) is 11.4 Å². The number of carbonyl (C=O) groups excluding carboxylic acids is 2. The number of hydrogen-bond donors (Lipinski definition) is 2. The number of nitrogens with one attached hydrogen (secondary N) is 2. The lowest BCUT2D eigenvalue weighted by atomic mass is 10.1. The van der Waals surface area contributed by atoms with Crippen LogP contribution in [0.1, 0.15) is 24.2 Å². The molecule has 9 heteroatoms. The Balaban J connectivity index is 1.69. The molecule has 1 aliphatic heterocycles. The van der Waals surface area contributed by atoms with Crippen LogP contribution in [0, 0.1) is 5.92 Å². The number of nitrogens with zero attached hydrogens (tertiary/aromatic N) is 2. The summed E-state index contributed by atoms with van der Waals surface area (Å²) in [5, 5.41) is 6.52. The maximum absolute atomic E-state index is 12.6. The molecule has 3 rings (SSSR count). The molecule has 0 radical (unpaired) electrons. The normalized spacial score (nSPS) is 13.7. The van der Waals surface area contributed by atoms with E-state index in [2.05, 4.69) is 15.5 Å². The zero-order chi connectivity index (χ0) is 23.3. The van der Waals surface area contributed by atoms with Gasteiger partial charge < -0.3 is 19.9 Å². The fraction of sp³-hybridized carbons (Fsp3) is 0.348. The van der Waals surface area contributed by atoms with Crippen molar-refractivity contribution in [2.45, 2.75) is 13.8 Å². The Kier molecular flexibility index (Phi) is 7.93. The Morgan fingerprint density at radius 3 is 2.44 bits per heavy atom. The van der Waals surface area contributed by atoms with E-state index in [1.165, 1.54) is 0 Å². The monoisotopic (exact) mass is 474 g/mol. The highest BCUT2D eigenvalue weighted by molar-refractivity contribution is 7.80. The number of para-hydroxylation sites is 1. The molecule has 1 saturated heterocycles. The van der Waals surface area contributed by atoms with Gasteiger partial charge in [0, 0.05) is 37.7 Å². The largest absolute Gasteiger partial charge is 0.497 e. The van der Waals surface area contributed by atoms with Crippen LogP contribution in [-0.4, -0.2) is 55.1 Å². The Morgan fingerprint density at radius 2 is 1.78 bits per heavy atom. The Hall–Kier alpha value is -2.84. The van der Waals surface area contributed by atoms with E-state index in [0.717, 1.165) is 5.69 Å². The zero-order valence-corrected chi connectivity index (χ0v) is 19.9. The van der Waals surface area contributed by atoms with Crippen LogP contribution in [0.5, 0.6) is 5.75 Å². The van der Waals surface area contributed by atoms with Crippen molar-refractivity contribution in [2.24, 2.45) is 5.92 Å². The minimum atomic E-state index is -0.342. The first-order chi connectivity index (χ1) is 15.3. The van der Waals surface area contributed by atoms with Gasteiger partial charge >= 0.3 is 0 Å². The summed E-state index contributed by atoms with van der Waals surface area (Å²) in [7, 11) is 1.54. The van der Waals surface area contributed by atoms with Crippen LogP contribution in [0.25, 0.3) is 0 Å². The molecule has 0 saturated carbocycles. The van der Waals surface area contributed by atoms with Crippen LogP contribution in [-0.2, 0) is 4.79 Å². The van der Waals surface area contributed by atoms with Gasteiger partial charge in [-0.2, -0.15) is 0 Å². The molecular formula is C23H27ClN4O3S. The van der Waals surface area contributed by atoms with E-state index in [9.17, 15) is 9.59 Å². The van der Waals surface area contributed by atoms with Crippen LogP contribution in [0.3, 0.4) is 0 Å². The number of piperazine rings is 1. The number of carbonyl (C=O) groups is 2. The van der Waals surface area contributed by atoms with Crippen LogP contribution in [0.2, 0.25) is 5.02 Å². The maximum atomic E-state index is 12.6. The van der Waals surface area contributed by atoms with E-state index in [1.54, 1.807) is 31.4 Å². The molecule has 2 N–H and O–H groups in total. The maximum Gasteiger partial charge on any atom is 0.257 e. The summed E-state index contributed by atoms with van der Waals surface area (Å²) in [6.07, 6.45) is 0. The summed E-state index contributed by atoms with van der Waals surface area (Å²) >= 11 is 11.9. The second-order valence-corrected chi connectivity index (χ2v) is 8.56. The standard InChI is InChI=1S/C23H27ClN4O3S/c1-15(2)22(30)28-12-10-27(11-13-28)20-18(24)8-5-9-19(20)25-23(32)26-21(29)16-6-4-7-17(14-16)31-3/h4-9,14-15H,10-13H2,1-3H3,(H2,25,26,29,32). The Morgan fingerprint density at radius 1 is 1.09 bits per heavy atom. The summed E-state index contributed by atoms with van der Waals surface area (Å²) < 4.78 is 5.16. The summed E-state index contributed by atoms with van der Waals surface area (Å²) in [6, 6.07) is 12.3. The predicted molar refractivity (Wildman–Crippen MR) is 132 cm³/mol. The van der Waals surface area contributed by atoms with Crippen molar-refractivity contribution in [1.29, 1.82) is 0 Å². The number of rotatable bonds is 5. The molecule has 0 bridgehead atoms. The highest BCUT2D eigenvalue weighted by Gasteiger charge is 2.25. The summed E-state index contributed by atoms with van der Waals surface area (Å²) in [5.41, 5.74) is 1.92. The lowest BCUT2D eigenvalue weighted by molar-refractivity contribution is -0.134. The van der Waals surface area contributed by atoms with Gasteiger partial charge in [0.1, 0.15) is 5.75 Å². The fourth-order valence-electron chi connectivity index (χ4n) is 3.55. The van der Waals surface area contributed by atoms with Gasteiger partial charge in [0.15, 0.2) is 5.11 Å². The number of hydrogen-bond acceptors (Lipinski definition) is 5. The molecule has 0 atom stereocenters. The molecule has 1 heterocycles. The molecule has 2 aromatic rings. The van der Waals surface area contributed by atoms with Gasteiger partial charge in [0.25, 0.3) is 5.91 Å². The van der Waals surface area contributed by atoms with E-state index in [1.807, 2.05) is 36.9 Å². The minimum Gasteiger partial charge on any atom is -0.497 e. The number of ether oxygens (including phenoxy) is 1. The smallest absolute Gasteiger partial charge is 0.257 e. The first kappa shape index (κ1) is 23.8. The molecule has 0 unspecified atom stereocenters. The molecule has 170 valence electrons. The van der Waals surface area contributed by atoms with E-state index < -0.39 is 0 Å². The van der Waals surface area contributed by atoms with Gasteiger partial charge in [0.2, 0.25) is 5.91 Å². The van der Waals surface area contributed by atoms with Crippen molar-refractivity contribution < 1.29 is 14.3 Å². The van der Waals surface area contributed by atoms with Crippen LogP contribution in [0.15, 0.2) is 42.5 Å². The molecule has 0 aromatic heterocycles. The number of anilines is 2. The topological polar surface area (TPSA) is 73.9 Å². The minimum absolute atomic E-state index is 0.0235. The average molecular weight is 475 g/mol. The van der Waals surface area contributed by atoms with Crippen molar-refractivity contribution >= 4 is 52.1 Å². The van der Waals surface area contributed by atoms with E-state index >= 15 is 0 Å². The fourth-order valence-corrected chi connectivity index (χ4v) is 4.04. The Labute approximate surface area is 198 Å². The molecule has 1 fully saturated rings. The van der Waals surface area contributed by atoms with Gasteiger partial charge in [-0.25, -0.2) is 0 Å². The predicted octanol–water partition coefficient (Wildman–Crippen LogP) is 3.78. The second-order valence-electron chi connectivity index (χ2n) is 7.74. The van der Waals surface area contributed by atoms with Crippen molar-refractivity contribution in [3.05, 3.63) is 53.1 Å². The lowest BCUT2D eigenvalue weighted by Crippen LogP contribution is -2.50. The molecular weight excluding hydrogens is 448 g/mol. The molecule has 2 aromatic carbocycles. The molecule has 2 amide bonds. The molecule has 7 nitrogen and oxygen atoms in total. The van der Waals surface area contributed by atoms with E-state index in [4.69, 9.17) is 28.6 Å². The Bertz CT molecular complexity index is 1010. The third-order valence-electron chi connectivity index (χ3n) is 5.20. The average Bonchev–Trinajstić information content (AvgIpc) is 2.78. The van der Waals surface area contributed by atoms with Crippen molar-refractivity contribution in [3.8, 4) is 5.75 Å². The zero-order valence-electron chi connectivity index (χ0n) is 18.4. The summed E-state index contributed by atoms with van der Waals surface area (Å²) in [4.78, 5) is 28.8. The quantitative estimate of drug-likeness (QED) is 0.642. The van der Waals surface area contributed by atoms with Gasteiger partial charge in [0.05, 0.1) is 23.5 Å². The van der Waals surface area contributed by atoms with E-state index in [0.29, 0.717) is 48.2 Å². The highest BCUT2D eigenvalue weighted by Crippen LogP contribution is 2.34. The van der Waals surface area contributed by atoms with E-state index in [-0.39, 0.29) is 22.8 Å². The molecule has 0 spiro atoms. The molecule has 0 aliphatic carbocycles.